The highest BCUT2D eigenvalue weighted by Gasteiger charge is 2.23. The minimum absolute atomic E-state index is 0.138. The zero-order valence-corrected chi connectivity index (χ0v) is 12.4. The van der Waals surface area contributed by atoms with Gasteiger partial charge in [-0.05, 0) is 36.1 Å². The molecule has 0 fully saturated rings. The molecule has 0 saturated carbocycles. The third kappa shape index (κ3) is 4.77. The molecule has 2 rings (SSSR count). The maximum atomic E-state index is 12.0. The maximum Gasteiger partial charge on any atom is 0.387 e. The van der Waals surface area contributed by atoms with Crippen molar-refractivity contribution in [2.75, 3.05) is 6.54 Å². The summed E-state index contributed by atoms with van der Waals surface area (Å²) in [5.41, 5.74) is 0.00554. The van der Waals surface area contributed by atoms with Crippen molar-refractivity contribution in [3.63, 3.8) is 0 Å². The van der Waals surface area contributed by atoms with Crippen molar-refractivity contribution in [3.8, 4) is 5.75 Å². The lowest BCUT2D eigenvalue weighted by molar-refractivity contribution is -0.0498. The van der Waals surface area contributed by atoms with Gasteiger partial charge in [0.1, 0.15) is 11.4 Å². The lowest BCUT2D eigenvalue weighted by Gasteiger charge is -2.22. The zero-order chi connectivity index (χ0) is 15.3. The van der Waals surface area contributed by atoms with Crippen molar-refractivity contribution in [3.05, 3.63) is 52.2 Å². The van der Waals surface area contributed by atoms with Gasteiger partial charge in [0.2, 0.25) is 0 Å². The summed E-state index contributed by atoms with van der Waals surface area (Å²) in [6.45, 7) is -0.111. The van der Waals surface area contributed by atoms with Gasteiger partial charge in [-0.3, -0.25) is 0 Å². The first-order valence-corrected chi connectivity index (χ1v) is 7.36. The second-order valence-electron chi connectivity index (χ2n) is 4.88. The third-order valence-electron chi connectivity index (χ3n) is 3.00. The fraction of sp³-hybridized carbons (Fsp3) is 0.333. The first-order chi connectivity index (χ1) is 9.97. The average molecular weight is 313 g/mol. The van der Waals surface area contributed by atoms with Crippen molar-refractivity contribution >= 4 is 11.3 Å². The number of aliphatic hydroxyl groups is 1. The highest BCUT2D eigenvalue weighted by Crippen LogP contribution is 2.24. The fourth-order valence-corrected chi connectivity index (χ4v) is 2.70. The summed E-state index contributed by atoms with van der Waals surface area (Å²) in [4.78, 5) is 0.899. The number of nitrogens with one attached hydrogen (secondary N) is 1. The maximum absolute atomic E-state index is 12.0. The molecule has 1 unspecified atom stereocenters. The molecule has 0 spiro atoms. The molecular weight excluding hydrogens is 296 g/mol. The zero-order valence-electron chi connectivity index (χ0n) is 11.6. The van der Waals surface area contributed by atoms with Gasteiger partial charge in [0, 0.05) is 18.0 Å². The Morgan fingerprint density at radius 2 is 2.00 bits per heavy atom. The molecule has 1 heterocycles. The van der Waals surface area contributed by atoms with Gasteiger partial charge >= 0.3 is 6.61 Å². The number of benzene rings is 1. The summed E-state index contributed by atoms with van der Waals surface area (Å²) in [6.07, 6.45) is 0. The molecule has 0 aliphatic carbocycles. The van der Waals surface area contributed by atoms with E-state index >= 15 is 0 Å². The lowest BCUT2D eigenvalue weighted by Crippen LogP contribution is -2.34. The first-order valence-electron chi connectivity index (χ1n) is 6.48. The fourth-order valence-electron chi connectivity index (χ4n) is 1.91. The normalized spacial score (nSPS) is 14.1. The highest BCUT2D eigenvalue weighted by atomic mass is 32.1. The number of alkyl halides is 2. The second kappa shape index (κ2) is 6.98. The van der Waals surface area contributed by atoms with Crippen LogP contribution in [0.1, 0.15) is 17.4 Å². The highest BCUT2D eigenvalue weighted by molar-refractivity contribution is 7.10. The summed E-state index contributed by atoms with van der Waals surface area (Å²) >= 11 is 1.51. The molecule has 0 aliphatic heterocycles. The predicted molar refractivity (Wildman–Crippen MR) is 78.7 cm³/mol. The second-order valence-corrected chi connectivity index (χ2v) is 5.82. The van der Waals surface area contributed by atoms with Crippen molar-refractivity contribution in [1.29, 1.82) is 0 Å². The Morgan fingerprint density at radius 3 is 2.57 bits per heavy atom. The summed E-state index contributed by atoms with van der Waals surface area (Å²) < 4.78 is 28.3. The molecule has 0 aliphatic rings. The van der Waals surface area contributed by atoms with Gasteiger partial charge < -0.3 is 15.2 Å². The minimum atomic E-state index is -2.81. The average Bonchev–Trinajstić information content (AvgIpc) is 2.95. The Hall–Kier alpha value is -1.50. The molecule has 6 heteroatoms. The van der Waals surface area contributed by atoms with Crippen LogP contribution in [0.15, 0.2) is 41.8 Å². The van der Waals surface area contributed by atoms with Crippen molar-refractivity contribution < 1.29 is 18.6 Å². The number of hydrogen-bond donors (Lipinski definition) is 2. The Kier molecular flexibility index (Phi) is 5.27. The lowest BCUT2D eigenvalue weighted by atomic mass is 10.1. The Bertz CT molecular complexity index is 541. The van der Waals surface area contributed by atoms with Gasteiger partial charge in [0.25, 0.3) is 0 Å². The SMILES string of the molecule is CC(O)(CNCc1ccc(OC(F)F)cc1)c1cccs1. The van der Waals surface area contributed by atoms with Gasteiger partial charge in [-0.1, -0.05) is 18.2 Å². The number of ether oxygens (including phenoxy) is 1. The monoisotopic (exact) mass is 313 g/mol. The van der Waals surface area contributed by atoms with E-state index in [2.05, 4.69) is 10.1 Å². The van der Waals surface area contributed by atoms with Crippen LogP contribution in [0.25, 0.3) is 0 Å². The van der Waals surface area contributed by atoms with E-state index in [1.165, 1.54) is 23.5 Å². The van der Waals surface area contributed by atoms with E-state index in [9.17, 15) is 13.9 Å². The standard InChI is InChI=1S/C15H17F2NO2S/c1-15(19,13-3-2-8-21-13)10-18-9-11-4-6-12(7-5-11)20-14(16)17/h2-8,14,18-19H,9-10H2,1H3. The first kappa shape index (κ1) is 15.9. The molecule has 114 valence electrons. The predicted octanol–water partition coefficient (Wildman–Crippen LogP) is 3.35. The molecule has 1 aromatic carbocycles. The van der Waals surface area contributed by atoms with E-state index < -0.39 is 12.2 Å². The summed E-state index contributed by atoms with van der Waals surface area (Å²) in [5, 5.41) is 15.4. The van der Waals surface area contributed by atoms with Crippen LogP contribution in [0.4, 0.5) is 8.78 Å². The van der Waals surface area contributed by atoms with Crippen LogP contribution in [-0.4, -0.2) is 18.3 Å². The molecule has 2 aromatic rings. The van der Waals surface area contributed by atoms with Gasteiger partial charge in [0.15, 0.2) is 0 Å². The largest absolute Gasteiger partial charge is 0.435 e. The smallest absolute Gasteiger partial charge is 0.387 e. The molecule has 1 atom stereocenters. The quantitative estimate of drug-likeness (QED) is 0.824. The van der Waals surface area contributed by atoms with Crippen LogP contribution in [0.5, 0.6) is 5.75 Å². The van der Waals surface area contributed by atoms with E-state index in [1.807, 2.05) is 17.5 Å². The molecule has 0 bridgehead atoms. The van der Waals surface area contributed by atoms with E-state index in [0.717, 1.165) is 10.4 Å². The van der Waals surface area contributed by atoms with Crippen molar-refractivity contribution in [1.82, 2.24) is 5.32 Å². The van der Waals surface area contributed by atoms with Crippen LogP contribution in [0.2, 0.25) is 0 Å². The van der Waals surface area contributed by atoms with E-state index in [4.69, 9.17) is 0 Å². The van der Waals surface area contributed by atoms with Crippen LogP contribution in [0, 0.1) is 0 Å². The van der Waals surface area contributed by atoms with E-state index in [-0.39, 0.29) is 5.75 Å². The number of halogens is 2. The Balaban J connectivity index is 1.83. The van der Waals surface area contributed by atoms with Gasteiger partial charge in [-0.15, -0.1) is 11.3 Å². The minimum Gasteiger partial charge on any atom is -0.435 e. The van der Waals surface area contributed by atoms with Gasteiger partial charge in [-0.25, -0.2) is 0 Å². The van der Waals surface area contributed by atoms with E-state index in [0.29, 0.717) is 13.1 Å². The molecule has 2 N–H and O–H groups in total. The molecule has 21 heavy (non-hydrogen) atoms. The van der Waals surface area contributed by atoms with E-state index in [1.54, 1.807) is 19.1 Å². The molecule has 3 nitrogen and oxygen atoms in total. The Labute approximate surface area is 126 Å². The van der Waals surface area contributed by atoms with Crippen molar-refractivity contribution in [2.24, 2.45) is 0 Å². The Morgan fingerprint density at radius 1 is 1.29 bits per heavy atom. The van der Waals surface area contributed by atoms with Gasteiger partial charge in [-0.2, -0.15) is 8.78 Å². The molecule has 0 amide bonds. The van der Waals surface area contributed by atoms with Crippen LogP contribution in [0.3, 0.4) is 0 Å². The summed E-state index contributed by atoms with van der Waals surface area (Å²) in [5.74, 6) is 0.138. The molecule has 0 radical (unpaired) electrons. The van der Waals surface area contributed by atoms with Gasteiger partial charge in [0.05, 0.1) is 0 Å². The molecule has 0 saturated heterocycles. The van der Waals surface area contributed by atoms with Crippen molar-refractivity contribution in [2.45, 2.75) is 25.7 Å². The summed E-state index contributed by atoms with van der Waals surface area (Å²) in [6, 6.07) is 10.2. The summed E-state index contributed by atoms with van der Waals surface area (Å²) in [7, 11) is 0. The number of hydrogen-bond acceptors (Lipinski definition) is 4. The number of rotatable bonds is 7. The van der Waals surface area contributed by atoms with Crippen LogP contribution in [-0.2, 0) is 12.1 Å². The molecular formula is C15H17F2NO2S. The van der Waals surface area contributed by atoms with Crippen LogP contribution >= 0.6 is 11.3 Å². The van der Waals surface area contributed by atoms with Crippen LogP contribution < -0.4 is 10.1 Å². The topological polar surface area (TPSA) is 41.5 Å². The third-order valence-corrected chi connectivity index (χ3v) is 4.12. The molecule has 1 aromatic heterocycles. The number of thiophene rings is 1.